The lowest BCUT2D eigenvalue weighted by molar-refractivity contribution is -0.144. The van der Waals surface area contributed by atoms with Crippen LogP contribution in [0, 0.1) is 0 Å². The van der Waals surface area contributed by atoms with E-state index in [1.165, 1.54) is 42.5 Å². The van der Waals surface area contributed by atoms with Crippen LogP contribution >= 0.6 is 0 Å². The summed E-state index contributed by atoms with van der Waals surface area (Å²) in [7, 11) is -3.80. The van der Waals surface area contributed by atoms with E-state index in [1.54, 1.807) is 0 Å². The number of aromatic nitrogens is 2. The molecule has 0 aliphatic carbocycles. The van der Waals surface area contributed by atoms with Crippen LogP contribution in [0.25, 0.3) is 11.0 Å². The van der Waals surface area contributed by atoms with Gasteiger partial charge in [0.05, 0.1) is 15.9 Å². The van der Waals surface area contributed by atoms with E-state index in [0.29, 0.717) is 5.56 Å². The van der Waals surface area contributed by atoms with Gasteiger partial charge < -0.3 is 10.3 Å². The van der Waals surface area contributed by atoms with Gasteiger partial charge in [0.1, 0.15) is 0 Å². The van der Waals surface area contributed by atoms with Crippen molar-refractivity contribution in [2.24, 2.45) is 5.14 Å². The molecule has 0 saturated carbocycles. The number of amides is 1. The van der Waals surface area contributed by atoms with Gasteiger partial charge in [-0.1, -0.05) is 12.1 Å². The summed E-state index contributed by atoms with van der Waals surface area (Å²) in [5, 5.41) is 7.60. The van der Waals surface area contributed by atoms with E-state index in [9.17, 15) is 26.4 Å². The van der Waals surface area contributed by atoms with E-state index in [4.69, 9.17) is 5.14 Å². The van der Waals surface area contributed by atoms with Crippen molar-refractivity contribution in [2.45, 2.75) is 17.6 Å². The molecule has 142 valence electrons. The summed E-state index contributed by atoms with van der Waals surface area (Å²) < 4.78 is 60.4. The van der Waals surface area contributed by atoms with Gasteiger partial charge in [0.15, 0.2) is 0 Å². The highest BCUT2D eigenvalue weighted by Gasteiger charge is 2.34. The summed E-state index contributed by atoms with van der Waals surface area (Å²) >= 11 is 0. The minimum atomic E-state index is -4.61. The summed E-state index contributed by atoms with van der Waals surface area (Å²) in [5.74, 6) is -1.64. The molecule has 27 heavy (non-hydrogen) atoms. The van der Waals surface area contributed by atoms with Crippen LogP contribution in [0.15, 0.2) is 47.4 Å². The van der Waals surface area contributed by atoms with Crippen LogP contribution < -0.4 is 10.5 Å². The lowest BCUT2D eigenvalue weighted by atomic mass is 10.1. The first-order valence-corrected chi connectivity index (χ1v) is 9.05. The van der Waals surface area contributed by atoms with E-state index in [-0.39, 0.29) is 28.0 Å². The Labute approximate surface area is 151 Å². The SMILES string of the molecule is NS(=O)(=O)c1ccc(CNC(=O)c2ccc3nc(C(F)(F)F)[nH]c3c2)cc1. The molecule has 0 aliphatic rings. The molecule has 4 N–H and O–H groups in total. The van der Waals surface area contributed by atoms with Crippen LogP contribution in [0.2, 0.25) is 0 Å². The molecule has 0 bridgehead atoms. The van der Waals surface area contributed by atoms with Crippen molar-refractivity contribution in [1.29, 1.82) is 0 Å². The van der Waals surface area contributed by atoms with Crippen LogP contribution in [0.4, 0.5) is 13.2 Å². The molecule has 0 aliphatic heterocycles. The van der Waals surface area contributed by atoms with Crippen molar-refractivity contribution in [3.63, 3.8) is 0 Å². The number of nitrogens with zero attached hydrogens (tertiary/aromatic N) is 1. The second-order valence-corrected chi connectivity index (χ2v) is 7.25. The molecule has 1 amide bonds. The fraction of sp³-hybridized carbons (Fsp3) is 0.125. The van der Waals surface area contributed by atoms with Gasteiger partial charge >= 0.3 is 6.18 Å². The molecule has 1 aromatic heterocycles. The predicted octanol–water partition coefficient (Wildman–Crippen LogP) is 2.16. The second-order valence-electron chi connectivity index (χ2n) is 5.69. The Morgan fingerprint density at radius 2 is 1.81 bits per heavy atom. The summed E-state index contributed by atoms with van der Waals surface area (Å²) in [6, 6.07) is 9.57. The number of benzene rings is 2. The number of nitrogens with one attached hydrogen (secondary N) is 2. The smallest absolute Gasteiger partial charge is 0.348 e. The Morgan fingerprint density at radius 3 is 2.41 bits per heavy atom. The highest BCUT2D eigenvalue weighted by molar-refractivity contribution is 7.89. The number of alkyl halides is 3. The van der Waals surface area contributed by atoms with Gasteiger partial charge in [0.2, 0.25) is 15.8 Å². The maximum Gasteiger partial charge on any atom is 0.449 e. The van der Waals surface area contributed by atoms with Crippen molar-refractivity contribution in [3.05, 3.63) is 59.4 Å². The van der Waals surface area contributed by atoms with Gasteiger partial charge in [0.25, 0.3) is 5.91 Å². The number of primary sulfonamides is 1. The molecule has 11 heteroatoms. The van der Waals surface area contributed by atoms with Crippen LogP contribution in [0.1, 0.15) is 21.7 Å². The third-order valence-corrected chi connectivity index (χ3v) is 4.65. The zero-order valence-electron chi connectivity index (χ0n) is 13.5. The number of nitrogens with two attached hydrogens (primary N) is 1. The average molecular weight is 398 g/mol. The molecular weight excluding hydrogens is 385 g/mol. The molecular formula is C16H13F3N4O3S. The molecule has 0 saturated heterocycles. The molecule has 1 heterocycles. The zero-order valence-corrected chi connectivity index (χ0v) is 14.4. The van der Waals surface area contributed by atoms with Crippen molar-refractivity contribution < 1.29 is 26.4 Å². The maximum absolute atomic E-state index is 12.7. The average Bonchev–Trinajstić information content (AvgIpc) is 3.03. The normalized spacial score (nSPS) is 12.3. The molecule has 3 aromatic rings. The number of fused-ring (bicyclic) bond motifs is 1. The maximum atomic E-state index is 12.7. The molecule has 0 spiro atoms. The van der Waals surface area contributed by atoms with Crippen molar-refractivity contribution >= 4 is 27.0 Å². The predicted molar refractivity (Wildman–Crippen MR) is 90.1 cm³/mol. The highest BCUT2D eigenvalue weighted by Crippen LogP contribution is 2.28. The van der Waals surface area contributed by atoms with Crippen molar-refractivity contribution in [3.8, 4) is 0 Å². The molecule has 7 nitrogen and oxygen atoms in total. The molecule has 2 aromatic carbocycles. The first kappa shape index (κ1) is 18.9. The third-order valence-electron chi connectivity index (χ3n) is 3.72. The minimum absolute atomic E-state index is 0.0530. The highest BCUT2D eigenvalue weighted by atomic mass is 32.2. The first-order chi connectivity index (χ1) is 12.5. The zero-order chi connectivity index (χ0) is 19.8. The van der Waals surface area contributed by atoms with Crippen LogP contribution in [0.3, 0.4) is 0 Å². The lowest BCUT2D eigenvalue weighted by Crippen LogP contribution is -2.22. The fourth-order valence-corrected chi connectivity index (χ4v) is 2.88. The second kappa shape index (κ2) is 6.67. The Hall–Kier alpha value is -2.92. The largest absolute Gasteiger partial charge is 0.449 e. The Bertz CT molecular complexity index is 1110. The summed E-state index contributed by atoms with van der Waals surface area (Å²) in [6.45, 7) is 0.0958. The van der Waals surface area contributed by atoms with Crippen LogP contribution in [-0.2, 0) is 22.7 Å². The van der Waals surface area contributed by atoms with Gasteiger partial charge in [-0.15, -0.1) is 0 Å². The number of rotatable bonds is 4. The van der Waals surface area contributed by atoms with Crippen molar-refractivity contribution in [2.75, 3.05) is 0 Å². The van der Waals surface area contributed by atoms with Gasteiger partial charge in [-0.25, -0.2) is 18.5 Å². The third kappa shape index (κ3) is 4.26. The van der Waals surface area contributed by atoms with Gasteiger partial charge in [0, 0.05) is 12.1 Å². The molecule has 3 rings (SSSR count). The van der Waals surface area contributed by atoms with Gasteiger partial charge in [-0.3, -0.25) is 4.79 Å². The van der Waals surface area contributed by atoms with E-state index in [0.717, 1.165) is 0 Å². The Balaban J connectivity index is 1.72. The number of hydrogen-bond acceptors (Lipinski definition) is 4. The van der Waals surface area contributed by atoms with Crippen molar-refractivity contribution in [1.82, 2.24) is 15.3 Å². The van der Waals surface area contributed by atoms with Crippen LogP contribution in [-0.4, -0.2) is 24.3 Å². The summed E-state index contributed by atoms with van der Waals surface area (Å²) in [6.07, 6.45) is -4.61. The standard InChI is InChI=1S/C16H13F3N4O3S/c17-16(18,19)15-22-12-6-3-10(7-13(12)23-15)14(24)21-8-9-1-4-11(5-2-9)27(20,25)26/h1-7H,8H2,(H,21,24)(H,22,23)(H2,20,25,26). The Kier molecular flexibility index (Phi) is 4.66. The van der Waals surface area contributed by atoms with Crippen LogP contribution in [0.5, 0.6) is 0 Å². The van der Waals surface area contributed by atoms with Gasteiger partial charge in [-0.05, 0) is 35.9 Å². The number of hydrogen-bond donors (Lipinski definition) is 3. The quantitative estimate of drug-likeness (QED) is 0.624. The van der Waals surface area contributed by atoms with E-state index >= 15 is 0 Å². The van der Waals surface area contributed by atoms with Gasteiger partial charge in [-0.2, -0.15) is 13.2 Å². The number of carbonyl (C=O) groups is 1. The number of imidazole rings is 1. The topological polar surface area (TPSA) is 118 Å². The number of H-pyrrole nitrogens is 1. The first-order valence-electron chi connectivity index (χ1n) is 7.51. The monoisotopic (exact) mass is 398 g/mol. The molecule has 0 unspecified atom stereocenters. The lowest BCUT2D eigenvalue weighted by Gasteiger charge is -2.06. The number of halogens is 3. The number of sulfonamides is 1. The van der Waals surface area contributed by atoms with E-state index < -0.39 is 27.9 Å². The molecule has 0 fully saturated rings. The van der Waals surface area contributed by atoms with E-state index in [2.05, 4.69) is 15.3 Å². The Morgan fingerprint density at radius 1 is 1.15 bits per heavy atom. The summed E-state index contributed by atoms with van der Waals surface area (Å²) in [5.41, 5.74) is 0.962. The summed E-state index contributed by atoms with van der Waals surface area (Å²) in [4.78, 5) is 17.7. The molecule has 0 atom stereocenters. The fourth-order valence-electron chi connectivity index (χ4n) is 2.37. The molecule has 0 radical (unpaired) electrons. The van der Waals surface area contributed by atoms with E-state index in [1.807, 2.05) is 0 Å². The number of aromatic amines is 1. The number of carbonyl (C=O) groups excluding carboxylic acids is 1. The minimum Gasteiger partial charge on any atom is -0.348 e.